The van der Waals surface area contributed by atoms with Gasteiger partial charge in [-0.05, 0) is 105 Å². The maximum Gasteiger partial charge on any atom is 0.0934 e. The van der Waals surface area contributed by atoms with Gasteiger partial charge >= 0.3 is 0 Å². The molecule has 5 heterocycles. The summed E-state index contributed by atoms with van der Waals surface area (Å²) in [5.41, 5.74) is 22.4. The van der Waals surface area contributed by atoms with E-state index in [0.29, 0.717) is 0 Å². The highest BCUT2D eigenvalue weighted by atomic mass is 15.2. The molecule has 0 bridgehead atoms. The highest BCUT2D eigenvalue weighted by molar-refractivity contribution is 6.18. The molecule has 0 saturated carbocycles. The number of aryl methyl sites for hydroxylation is 1. The van der Waals surface area contributed by atoms with Gasteiger partial charge in [0, 0.05) is 62.6 Å². The van der Waals surface area contributed by atoms with Crippen LogP contribution in [0.15, 0.2) is 243 Å². The number of aromatic nitrogens is 5. The van der Waals surface area contributed by atoms with Crippen LogP contribution in [0, 0.1) is 6.92 Å². The first-order chi connectivity index (χ1) is 34.6. The lowest BCUT2D eigenvalue weighted by Gasteiger charge is -2.18. The molecule has 0 radical (unpaired) electrons. The summed E-state index contributed by atoms with van der Waals surface area (Å²) in [6, 6.07) is 79.6. The molecular formula is C65H43N5. The molecule has 0 aliphatic carbocycles. The molecule has 13 aromatic rings. The Balaban J connectivity index is 1.01. The van der Waals surface area contributed by atoms with E-state index in [4.69, 9.17) is 20.1 Å². The second-order valence-corrected chi connectivity index (χ2v) is 17.9. The van der Waals surface area contributed by atoms with E-state index in [9.17, 15) is 0 Å². The van der Waals surface area contributed by atoms with Crippen LogP contribution in [0.3, 0.4) is 0 Å². The van der Waals surface area contributed by atoms with E-state index >= 15 is 0 Å². The highest BCUT2D eigenvalue weighted by Crippen LogP contribution is 2.43. The SMILES string of the molecule is Cc1cccc2c3ncc(-c4ccccc4-c4cc(-c5ccccc5-c5ccc(-c6ccccc6)nc5)cc(-c5ccccc5-c5ccc(-c6ccccc6)nc5)c4)cc3c3c4ccccc4nn3c12. The molecular weight excluding hydrogens is 851 g/mol. The van der Waals surface area contributed by atoms with Crippen molar-refractivity contribution in [3.05, 3.63) is 249 Å². The third-order valence-corrected chi connectivity index (χ3v) is 13.7. The molecule has 70 heavy (non-hydrogen) atoms. The van der Waals surface area contributed by atoms with E-state index in [2.05, 4.69) is 224 Å². The first-order valence-electron chi connectivity index (χ1n) is 23.7. The van der Waals surface area contributed by atoms with Crippen LogP contribution in [0.1, 0.15) is 5.56 Å². The molecule has 0 saturated heterocycles. The van der Waals surface area contributed by atoms with Gasteiger partial charge in [0.15, 0.2) is 0 Å². The number of hydrogen-bond donors (Lipinski definition) is 0. The summed E-state index contributed by atoms with van der Waals surface area (Å²) < 4.78 is 2.13. The van der Waals surface area contributed by atoms with Crippen LogP contribution >= 0.6 is 0 Å². The summed E-state index contributed by atoms with van der Waals surface area (Å²) in [6.07, 6.45) is 6.05. The number of benzene rings is 8. The molecule has 8 aromatic carbocycles. The van der Waals surface area contributed by atoms with Crippen LogP contribution in [-0.2, 0) is 0 Å². The van der Waals surface area contributed by atoms with E-state index in [0.717, 1.165) is 133 Å². The van der Waals surface area contributed by atoms with Gasteiger partial charge in [0.1, 0.15) is 0 Å². The van der Waals surface area contributed by atoms with Gasteiger partial charge in [-0.3, -0.25) is 15.0 Å². The van der Waals surface area contributed by atoms with Crippen LogP contribution in [0.4, 0.5) is 0 Å². The third kappa shape index (κ3) is 7.11. The number of hydrogen-bond acceptors (Lipinski definition) is 4. The van der Waals surface area contributed by atoms with Crippen LogP contribution in [-0.4, -0.2) is 24.6 Å². The van der Waals surface area contributed by atoms with E-state index in [1.54, 1.807) is 0 Å². The minimum Gasteiger partial charge on any atom is -0.256 e. The molecule has 0 aliphatic heterocycles. The van der Waals surface area contributed by atoms with Crippen LogP contribution in [0.5, 0.6) is 0 Å². The predicted molar refractivity (Wildman–Crippen MR) is 289 cm³/mol. The fourth-order valence-corrected chi connectivity index (χ4v) is 10.3. The number of pyridine rings is 4. The van der Waals surface area contributed by atoms with Crippen molar-refractivity contribution in [2.24, 2.45) is 0 Å². The van der Waals surface area contributed by atoms with Crippen molar-refractivity contribution < 1.29 is 0 Å². The average molecular weight is 894 g/mol. The number of fused-ring (bicyclic) bond motifs is 8. The molecule has 0 N–H and O–H groups in total. The number of nitrogens with zero attached hydrogens (tertiary/aromatic N) is 5. The van der Waals surface area contributed by atoms with Crippen LogP contribution < -0.4 is 0 Å². The molecule has 0 amide bonds. The molecule has 0 unspecified atom stereocenters. The fourth-order valence-electron chi connectivity index (χ4n) is 10.3. The van der Waals surface area contributed by atoms with Gasteiger partial charge < -0.3 is 0 Å². The lowest BCUT2D eigenvalue weighted by atomic mass is 9.86. The Kier molecular flexibility index (Phi) is 9.98. The maximum atomic E-state index is 5.32. The van der Waals surface area contributed by atoms with E-state index in [1.165, 1.54) is 0 Å². The topological polar surface area (TPSA) is 56.0 Å². The molecule has 0 aliphatic rings. The summed E-state index contributed by atoms with van der Waals surface area (Å²) in [4.78, 5) is 15.2. The third-order valence-electron chi connectivity index (χ3n) is 13.7. The number of para-hydroxylation sites is 1. The van der Waals surface area contributed by atoms with Gasteiger partial charge in [0.25, 0.3) is 0 Å². The monoisotopic (exact) mass is 893 g/mol. The molecule has 5 heteroatoms. The molecule has 0 atom stereocenters. The van der Waals surface area contributed by atoms with Crippen molar-refractivity contribution in [3.8, 4) is 89.3 Å². The second kappa shape index (κ2) is 17.1. The van der Waals surface area contributed by atoms with Gasteiger partial charge in [0.2, 0.25) is 0 Å². The average Bonchev–Trinajstić information content (AvgIpc) is 3.83. The van der Waals surface area contributed by atoms with Crippen molar-refractivity contribution in [3.63, 3.8) is 0 Å². The first kappa shape index (κ1) is 40.9. The standard InChI is InChI=1S/C65H43N5/c1-42-17-16-29-58-63-59(65-57-28-14-15-30-62(57)69-70(65)64(42)58)38-50(41-68-63)56-27-13-12-26-55(56)49-36-47(53-24-10-8-22-51(53)45-31-33-60(66-39-45)43-18-4-2-5-19-43)35-48(37-49)54-25-11-9-23-52(54)46-32-34-61(67-40-46)44-20-6-3-7-21-44/h2-41H,1H3. The summed E-state index contributed by atoms with van der Waals surface area (Å²) >= 11 is 0. The summed E-state index contributed by atoms with van der Waals surface area (Å²) in [6.45, 7) is 2.15. The Morgan fingerprint density at radius 1 is 0.300 bits per heavy atom. The van der Waals surface area contributed by atoms with Crippen LogP contribution in [0.2, 0.25) is 0 Å². The summed E-state index contributed by atoms with van der Waals surface area (Å²) in [5.74, 6) is 0. The molecule has 5 nitrogen and oxygen atoms in total. The smallest absolute Gasteiger partial charge is 0.0934 e. The Morgan fingerprint density at radius 3 is 1.26 bits per heavy atom. The maximum absolute atomic E-state index is 5.32. The Morgan fingerprint density at radius 2 is 0.743 bits per heavy atom. The van der Waals surface area contributed by atoms with E-state index in [-0.39, 0.29) is 0 Å². The Labute approximate surface area is 405 Å². The van der Waals surface area contributed by atoms with Gasteiger partial charge in [-0.2, -0.15) is 5.10 Å². The predicted octanol–water partition coefficient (Wildman–Crippen LogP) is 16.6. The van der Waals surface area contributed by atoms with Gasteiger partial charge in [-0.25, -0.2) is 4.52 Å². The zero-order valence-corrected chi connectivity index (χ0v) is 38.3. The van der Waals surface area contributed by atoms with Crippen molar-refractivity contribution in [2.45, 2.75) is 6.92 Å². The van der Waals surface area contributed by atoms with Crippen molar-refractivity contribution in [1.82, 2.24) is 24.6 Å². The van der Waals surface area contributed by atoms with Crippen molar-refractivity contribution in [2.75, 3.05) is 0 Å². The molecule has 328 valence electrons. The lowest BCUT2D eigenvalue weighted by Crippen LogP contribution is -1.97. The fraction of sp³-hybridized carbons (Fsp3) is 0.0154. The summed E-state index contributed by atoms with van der Waals surface area (Å²) in [7, 11) is 0. The summed E-state index contributed by atoms with van der Waals surface area (Å²) in [5, 5.41) is 8.43. The Hall–Kier alpha value is -9.32. The highest BCUT2D eigenvalue weighted by Gasteiger charge is 2.20. The molecule has 5 aromatic heterocycles. The van der Waals surface area contributed by atoms with Gasteiger partial charge in [0.05, 0.1) is 33.5 Å². The first-order valence-corrected chi connectivity index (χ1v) is 23.7. The molecule has 13 rings (SSSR count). The normalized spacial score (nSPS) is 11.5. The Bertz CT molecular complexity index is 3960. The minimum absolute atomic E-state index is 0.944. The minimum atomic E-state index is 0.944. The zero-order valence-electron chi connectivity index (χ0n) is 38.3. The van der Waals surface area contributed by atoms with Gasteiger partial charge in [-0.1, -0.05) is 182 Å². The van der Waals surface area contributed by atoms with E-state index < -0.39 is 0 Å². The lowest BCUT2D eigenvalue weighted by molar-refractivity contribution is 1.03. The van der Waals surface area contributed by atoms with Crippen molar-refractivity contribution in [1.29, 1.82) is 0 Å². The van der Waals surface area contributed by atoms with E-state index in [1.807, 2.05) is 30.7 Å². The quantitative estimate of drug-likeness (QED) is 0.143. The van der Waals surface area contributed by atoms with Crippen molar-refractivity contribution >= 4 is 38.2 Å². The molecule has 0 spiro atoms. The van der Waals surface area contributed by atoms with Gasteiger partial charge in [-0.15, -0.1) is 0 Å². The molecule has 0 fully saturated rings. The zero-order chi connectivity index (χ0) is 46.5. The number of rotatable bonds is 8. The largest absolute Gasteiger partial charge is 0.256 e. The second-order valence-electron chi connectivity index (χ2n) is 17.9. The van der Waals surface area contributed by atoms with Crippen LogP contribution in [0.25, 0.3) is 128 Å².